The van der Waals surface area contributed by atoms with E-state index in [0.717, 1.165) is 10.2 Å². The lowest BCUT2D eigenvalue weighted by Crippen LogP contribution is -1.98. The summed E-state index contributed by atoms with van der Waals surface area (Å²) in [5.41, 5.74) is 1.99. The summed E-state index contributed by atoms with van der Waals surface area (Å²) < 4.78 is 14.1. The van der Waals surface area contributed by atoms with E-state index in [9.17, 15) is 4.39 Å². The van der Waals surface area contributed by atoms with E-state index in [1.807, 2.05) is 18.2 Å². The molecule has 106 valence electrons. The van der Waals surface area contributed by atoms with Crippen LogP contribution in [0, 0.1) is 5.82 Å². The van der Waals surface area contributed by atoms with E-state index in [0.29, 0.717) is 6.54 Å². The standard InChI is InChI=1S/C17H13BrFNS/c18-15-8-6-13(19)10-16(15)20-11-14-7-9-17(21-14)12-4-2-1-3-5-12/h1-10,20H,11H2. The first kappa shape index (κ1) is 14.3. The molecule has 0 unspecified atom stereocenters. The summed E-state index contributed by atoms with van der Waals surface area (Å²) in [7, 11) is 0. The molecular formula is C17H13BrFNS. The first-order valence-electron chi connectivity index (χ1n) is 6.55. The van der Waals surface area contributed by atoms with Gasteiger partial charge in [0.15, 0.2) is 0 Å². The zero-order valence-corrected chi connectivity index (χ0v) is 13.5. The summed E-state index contributed by atoms with van der Waals surface area (Å²) >= 11 is 5.16. The van der Waals surface area contributed by atoms with Gasteiger partial charge in [-0.05, 0) is 51.8 Å². The fraction of sp³-hybridized carbons (Fsp3) is 0.0588. The number of rotatable bonds is 4. The third-order valence-corrected chi connectivity index (χ3v) is 4.93. The van der Waals surface area contributed by atoms with Gasteiger partial charge in [-0.3, -0.25) is 0 Å². The highest BCUT2D eigenvalue weighted by atomic mass is 79.9. The lowest BCUT2D eigenvalue weighted by atomic mass is 10.2. The smallest absolute Gasteiger partial charge is 0.125 e. The van der Waals surface area contributed by atoms with Gasteiger partial charge >= 0.3 is 0 Å². The van der Waals surface area contributed by atoms with E-state index in [-0.39, 0.29) is 5.82 Å². The van der Waals surface area contributed by atoms with Crippen LogP contribution in [0.25, 0.3) is 10.4 Å². The first-order valence-corrected chi connectivity index (χ1v) is 8.16. The molecule has 0 aliphatic rings. The molecule has 1 nitrogen and oxygen atoms in total. The molecule has 3 rings (SSSR count). The molecule has 0 saturated heterocycles. The molecule has 1 aromatic heterocycles. The van der Waals surface area contributed by atoms with Gasteiger partial charge in [0.1, 0.15) is 5.82 Å². The molecule has 0 bridgehead atoms. The van der Waals surface area contributed by atoms with Crippen LogP contribution in [-0.2, 0) is 6.54 Å². The number of nitrogens with one attached hydrogen (secondary N) is 1. The molecule has 0 spiro atoms. The highest BCUT2D eigenvalue weighted by Gasteiger charge is 2.05. The molecule has 0 radical (unpaired) electrons. The minimum atomic E-state index is -0.239. The third-order valence-electron chi connectivity index (χ3n) is 3.10. The average Bonchev–Trinajstić information content (AvgIpc) is 2.98. The Balaban J connectivity index is 1.72. The van der Waals surface area contributed by atoms with E-state index >= 15 is 0 Å². The SMILES string of the molecule is Fc1ccc(Br)c(NCc2ccc(-c3ccccc3)s2)c1. The van der Waals surface area contributed by atoms with Crippen molar-refractivity contribution >= 4 is 33.0 Å². The molecule has 0 atom stereocenters. The van der Waals surface area contributed by atoms with Gasteiger partial charge in [0.05, 0.1) is 5.69 Å². The largest absolute Gasteiger partial charge is 0.379 e. The molecule has 0 saturated carbocycles. The van der Waals surface area contributed by atoms with Crippen molar-refractivity contribution in [2.45, 2.75) is 6.54 Å². The third kappa shape index (κ3) is 3.52. The Labute approximate surface area is 135 Å². The van der Waals surface area contributed by atoms with Crippen LogP contribution >= 0.6 is 27.3 Å². The second-order valence-corrected chi connectivity index (χ2v) is 6.63. The maximum Gasteiger partial charge on any atom is 0.125 e. The molecule has 2 aromatic carbocycles. The maximum atomic E-state index is 13.2. The molecule has 0 aliphatic carbocycles. The normalized spacial score (nSPS) is 10.6. The van der Waals surface area contributed by atoms with Gasteiger partial charge in [-0.1, -0.05) is 30.3 Å². The first-order chi connectivity index (χ1) is 10.2. The number of hydrogen-bond donors (Lipinski definition) is 1. The summed E-state index contributed by atoms with van der Waals surface area (Å²) in [6.45, 7) is 0.680. The highest BCUT2D eigenvalue weighted by Crippen LogP contribution is 2.29. The Hall–Kier alpha value is -1.65. The summed E-state index contributed by atoms with van der Waals surface area (Å²) in [4.78, 5) is 2.45. The van der Waals surface area contributed by atoms with E-state index in [1.54, 1.807) is 17.4 Å². The van der Waals surface area contributed by atoms with E-state index in [1.165, 1.54) is 27.5 Å². The van der Waals surface area contributed by atoms with Crippen molar-refractivity contribution in [1.82, 2.24) is 0 Å². The lowest BCUT2D eigenvalue weighted by Gasteiger charge is -2.07. The van der Waals surface area contributed by atoms with Crippen molar-refractivity contribution in [2.75, 3.05) is 5.32 Å². The Kier molecular flexibility index (Phi) is 4.36. The number of halogens is 2. The number of hydrogen-bond acceptors (Lipinski definition) is 2. The van der Waals surface area contributed by atoms with Crippen LogP contribution in [0.4, 0.5) is 10.1 Å². The van der Waals surface area contributed by atoms with Crippen LogP contribution in [0.1, 0.15) is 4.88 Å². The summed E-state index contributed by atoms with van der Waals surface area (Å²) in [5, 5.41) is 3.26. The van der Waals surface area contributed by atoms with Crippen LogP contribution in [0.5, 0.6) is 0 Å². The second-order valence-electron chi connectivity index (χ2n) is 4.61. The Morgan fingerprint density at radius 3 is 2.62 bits per heavy atom. The molecule has 21 heavy (non-hydrogen) atoms. The molecule has 4 heteroatoms. The van der Waals surface area contributed by atoms with Crippen LogP contribution in [-0.4, -0.2) is 0 Å². The Morgan fingerprint density at radius 2 is 1.81 bits per heavy atom. The van der Waals surface area contributed by atoms with Gasteiger partial charge in [-0.25, -0.2) is 4.39 Å². The quantitative estimate of drug-likeness (QED) is 0.607. The van der Waals surface area contributed by atoms with E-state index in [2.05, 4.69) is 45.5 Å². The number of benzene rings is 2. The van der Waals surface area contributed by atoms with Gasteiger partial charge in [-0.15, -0.1) is 11.3 Å². The zero-order chi connectivity index (χ0) is 14.7. The minimum Gasteiger partial charge on any atom is -0.379 e. The lowest BCUT2D eigenvalue weighted by molar-refractivity contribution is 0.628. The summed E-state index contributed by atoms with van der Waals surface area (Å²) in [6.07, 6.45) is 0. The van der Waals surface area contributed by atoms with Crippen LogP contribution in [0.15, 0.2) is 65.1 Å². The summed E-state index contributed by atoms with van der Waals surface area (Å²) in [6, 6.07) is 19.2. The fourth-order valence-electron chi connectivity index (χ4n) is 2.05. The molecule has 1 N–H and O–H groups in total. The average molecular weight is 362 g/mol. The number of thiophene rings is 1. The molecule has 0 amide bonds. The molecule has 0 fully saturated rings. The molecule has 0 aliphatic heterocycles. The topological polar surface area (TPSA) is 12.0 Å². The molecule has 3 aromatic rings. The summed E-state index contributed by atoms with van der Waals surface area (Å²) in [5.74, 6) is -0.239. The van der Waals surface area contributed by atoms with Gasteiger partial charge in [0, 0.05) is 20.8 Å². The highest BCUT2D eigenvalue weighted by molar-refractivity contribution is 9.10. The van der Waals surface area contributed by atoms with E-state index < -0.39 is 0 Å². The monoisotopic (exact) mass is 361 g/mol. The van der Waals surface area contributed by atoms with Crippen LogP contribution < -0.4 is 5.32 Å². The predicted molar refractivity (Wildman–Crippen MR) is 91.2 cm³/mol. The van der Waals surface area contributed by atoms with Crippen molar-refractivity contribution < 1.29 is 4.39 Å². The minimum absolute atomic E-state index is 0.239. The van der Waals surface area contributed by atoms with Crippen molar-refractivity contribution in [3.05, 3.63) is 75.8 Å². The van der Waals surface area contributed by atoms with Crippen molar-refractivity contribution in [1.29, 1.82) is 0 Å². The predicted octanol–water partition coefficient (Wildman–Crippen LogP) is 5.93. The van der Waals surface area contributed by atoms with Crippen molar-refractivity contribution in [2.24, 2.45) is 0 Å². The fourth-order valence-corrected chi connectivity index (χ4v) is 3.39. The Morgan fingerprint density at radius 1 is 1.00 bits per heavy atom. The van der Waals surface area contributed by atoms with Gasteiger partial charge in [-0.2, -0.15) is 0 Å². The van der Waals surface area contributed by atoms with Crippen LogP contribution in [0.2, 0.25) is 0 Å². The maximum absolute atomic E-state index is 13.2. The van der Waals surface area contributed by atoms with Crippen molar-refractivity contribution in [3.63, 3.8) is 0 Å². The van der Waals surface area contributed by atoms with E-state index in [4.69, 9.17) is 0 Å². The van der Waals surface area contributed by atoms with Crippen molar-refractivity contribution in [3.8, 4) is 10.4 Å². The van der Waals surface area contributed by atoms with Gasteiger partial charge in [0.2, 0.25) is 0 Å². The zero-order valence-electron chi connectivity index (χ0n) is 11.1. The molecule has 1 heterocycles. The number of anilines is 1. The van der Waals surface area contributed by atoms with Crippen LogP contribution in [0.3, 0.4) is 0 Å². The van der Waals surface area contributed by atoms with Gasteiger partial charge in [0.25, 0.3) is 0 Å². The van der Waals surface area contributed by atoms with Gasteiger partial charge < -0.3 is 5.32 Å². The Bertz CT molecular complexity index is 740. The molecular weight excluding hydrogens is 349 g/mol. The second kappa shape index (κ2) is 6.41.